The van der Waals surface area contributed by atoms with Crippen LogP contribution in [0, 0.1) is 6.92 Å². The number of nitrogens with zero attached hydrogens (tertiary/aromatic N) is 3. The molecule has 0 aliphatic heterocycles. The number of aromatic hydroxyl groups is 1. The molecular weight excluding hydrogens is 532 g/mol. The molecule has 0 spiro atoms. The normalized spacial score (nSPS) is 11.2. The second kappa shape index (κ2) is 10.7. The van der Waals surface area contributed by atoms with E-state index in [9.17, 15) is 14.7 Å². The van der Waals surface area contributed by atoms with Crippen LogP contribution in [0.5, 0.6) is 11.5 Å². The molecule has 0 atom stereocenters. The van der Waals surface area contributed by atoms with Gasteiger partial charge < -0.3 is 9.84 Å². The van der Waals surface area contributed by atoms with E-state index < -0.39 is 0 Å². The molecule has 1 amide bonds. The molecule has 0 unspecified atom stereocenters. The predicted molar refractivity (Wildman–Crippen MR) is 141 cm³/mol. The Bertz CT molecular complexity index is 1490. The molecule has 4 rings (SSSR count). The van der Waals surface area contributed by atoms with Crippen LogP contribution in [0.15, 0.2) is 80.2 Å². The van der Waals surface area contributed by atoms with Crippen LogP contribution < -0.4 is 15.7 Å². The Kier molecular flexibility index (Phi) is 7.52. The molecule has 1 aromatic heterocycles. The van der Waals surface area contributed by atoms with Crippen LogP contribution in [0.1, 0.15) is 11.1 Å². The summed E-state index contributed by atoms with van der Waals surface area (Å²) in [5.74, 6) is -0.114. The summed E-state index contributed by atoms with van der Waals surface area (Å²) in [5.41, 5.74) is 5.19. The van der Waals surface area contributed by atoms with Crippen molar-refractivity contribution in [2.75, 3.05) is 12.9 Å². The van der Waals surface area contributed by atoms with Gasteiger partial charge in [0.1, 0.15) is 0 Å². The number of hydrogen-bond acceptors (Lipinski definition) is 7. The van der Waals surface area contributed by atoms with E-state index in [0.29, 0.717) is 31.8 Å². The minimum absolute atomic E-state index is 0.00340. The summed E-state index contributed by atoms with van der Waals surface area (Å²) in [5, 5.41) is 14.8. The molecule has 2 N–H and O–H groups in total. The van der Waals surface area contributed by atoms with Crippen molar-refractivity contribution in [1.82, 2.24) is 15.0 Å². The fourth-order valence-electron chi connectivity index (χ4n) is 3.30. The number of benzene rings is 3. The van der Waals surface area contributed by atoms with Crippen molar-refractivity contribution in [3.63, 3.8) is 0 Å². The number of para-hydroxylation sites is 1. The second-order valence-corrected chi connectivity index (χ2v) is 9.32. The van der Waals surface area contributed by atoms with E-state index in [1.807, 2.05) is 37.3 Å². The van der Waals surface area contributed by atoms with Gasteiger partial charge in [0.2, 0.25) is 0 Å². The lowest BCUT2D eigenvalue weighted by molar-refractivity contribution is -0.118. The number of rotatable bonds is 7. The van der Waals surface area contributed by atoms with E-state index in [-0.39, 0.29) is 28.7 Å². The zero-order valence-corrected chi connectivity index (χ0v) is 21.3. The Morgan fingerprint density at radius 3 is 2.71 bits per heavy atom. The van der Waals surface area contributed by atoms with E-state index in [1.54, 1.807) is 30.3 Å². The Morgan fingerprint density at radius 2 is 1.97 bits per heavy atom. The van der Waals surface area contributed by atoms with Gasteiger partial charge in [0.05, 0.1) is 40.1 Å². The van der Waals surface area contributed by atoms with E-state index in [2.05, 4.69) is 31.4 Å². The molecule has 1 heterocycles. The van der Waals surface area contributed by atoms with Gasteiger partial charge >= 0.3 is 0 Å². The van der Waals surface area contributed by atoms with Gasteiger partial charge in [-0.2, -0.15) is 5.10 Å². The van der Waals surface area contributed by atoms with Crippen LogP contribution in [0.25, 0.3) is 16.6 Å². The molecule has 0 saturated carbocycles. The molecule has 0 aliphatic rings. The maximum absolute atomic E-state index is 13.3. The standard InChI is InChI=1S/C25H21BrN4O4S/c1-15-7-9-17(10-8-15)30-24(33)18-5-3-4-6-20(18)28-25(30)35-14-22(31)29-27-13-16-11-19(26)23(32)21(12-16)34-2/h3-13,32H,14H2,1-2H3,(H,29,31). The number of ether oxygens (including phenoxy) is 1. The lowest BCUT2D eigenvalue weighted by atomic mass is 10.2. The van der Waals surface area contributed by atoms with Crippen molar-refractivity contribution in [2.45, 2.75) is 12.1 Å². The average Bonchev–Trinajstić information content (AvgIpc) is 2.85. The van der Waals surface area contributed by atoms with Gasteiger partial charge in [0, 0.05) is 0 Å². The summed E-state index contributed by atoms with van der Waals surface area (Å²) < 4.78 is 7.07. The molecule has 8 nitrogen and oxygen atoms in total. The average molecular weight is 553 g/mol. The van der Waals surface area contributed by atoms with Gasteiger partial charge in [-0.05, 0) is 64.8 Å². The number of aryl methyl sites for hydroxylation is 1. The lowest BCUT2D eigenvalue weighted by Crippen LogP contribution is -2.24. The number of methoxy groups -OCH3 is 1. The van der Waals surface area contributed by atoms with Crippen LogP contribution in [-0.4, -0.2) is 39.6 Å². The zero-order chi connectivity index (χ0) is 24.9. The number of aromatic nitrogens is 2. The quantitative estimate of drug-likeness (QED) is 0.152. The zero-order valence-electron chi connectivity index (χ0n) is 18.9. The van der Waals surface area contributed by atoms with Gasteiger partial charge in [-0.15, -0.1) is 0 Å². The number of amides is 1. The largest absolute Gasteiger partial charge is 0.503 e. The third-order valence-electron chi connectivity index (χ3n) is 5.04. The van der Waals surface area contributed by atoms with Gasteiger partial charge in [-0.3, -0.25) is 14.2 Å². The fraction of sp³-hybridized carbons (Fsp3) is 0.120. The third kappa shape index (κ3) is 5.55. The van der Waals surface area contributed by atoms with Crippen LogP contribution in [0.2, 0.25) is 0 Å². The first-order chi connectivity index (χ1) is 16.9. The number of hydrogen-bond donors (Lipinski definition) is 2. The molecule has 0 radical (unpaired) electrons. The van der Waals surface area contributed by atoms with Gasteiger partial charge in [0.15, 0.2) is 16.7 Å². The summed E-state index contributed by atoms with van der Waals surface area (Å²) in [4.78, 5) is 30.4. The topological polar surface area (TPSA) is 106 Å². The first-order valence-electron chi connectivity index (χ1n) is 10.5. The van der Waals surface area contributed by atoms with Gasteiger partial charge in [-0.1, -0.05) is 41.6 Å². The number of phenols is 1. The number of thioether (sulfide) groups is 1. The Morgan fingerprint density at radius 1 is 1.23 bits per heavy atom. The molecule has 4 aromatic rings. The number of carbonyl (C=O) groups excluding carboxylic acids is 1. The van der Waals surface area contributed by atoms with E-state index >= 15 is 0 Å². The lowest BCUT2D eigenvalue weighted by Gasteiger charge is -2.13. The van der Waals surface area contributed by atoms with Crippen molar-refractivity contribution in [3.05, 3.63) is 86.6 Å². The maximum atomic E-state index is 13.3. The smallest absolute Gasteiger partial charge is 0.266 e. The Labute approximate surface area is 213 Å². The number of phenolic OH excluding ortho intramolecular Hbond substituents is 1. The monoisotopic (exact) mass is 552 g/mol. The number of carbonyl (C=O) groups is 1. The van der Waals surface area contributed by atoms with Crippen LogP contribution in [-0.2, 0) is 4.79 Å². The summed E-state index contributed by atoms with van der Waals surface area (Å²) in [7, 11) is 1.44. The van der Waals surface area contributed by atoms with Crippen LogP contribution >= 0.6 is 27.7 Å². The summed E-state index contributed by atoms with van der Waals surface area (Å²) in [6.45, 7) is 1.97. The Hall–Kier alpha value is -3.63. The molecule has 0 fully saturated rings. The summed E-state index contributed by atoms with van der Waals surface area (Å²) in [6, 6.07) is 17.9. The molecule has 10 heteroatoms. The van der Waals surface area contributed by atoms with Crippen molar-refractivity contribution in [2.24, 2.45) is 5.10 Å². The molecule has 3 aromatic carbocycles. The molecule has 0 saturated heterocycles. The van der Waals surface area contributed by atoms with E-state index in [1.165, 1.54) is 17.9 Å². The van der Waals surface area contributed by atoms with Gasteiger partial charge in [-0.25, -0.2) is 10.4 Å². The van der Waals surface area contributed by atoms with Crippen molar-refractivity contribution < 1.29 is 14.6 Å². The predicted octanol–water partition coefficient (Wildman–Crippen LogP) is 4.41. The van der Waals surface area contributed by atoms with E-state index in [0.717, 1.165) is 17.3 Å². The molecule has 178 valence electrons. The van der Waals surface area contributed by atoms with E-state index in [4.69, 9.17) is 4.74 Å². The highest BCUT2D eigenvalue weighted by Crippen LogP contribution is 2.34. The van der Waals surface area contributed by atoms with Crippen molar-refractivity contribution in [3.8, 4) is 17.2 Å². The summed E-state index contributed by atoms with van der Waals surface area (Å²) in [6.07, 6.45) is 1.44. The van der Waals surface area contributed by atoms with Crippen molar-refractivity contribution >= 4 is 50.7 Å². The Balaban J connectivity index is 1.54. The number of hydrazone groups is 1. The molecule has 0 aliphatic carbocycles. The molecule has 0 bridgehead atoms. The highest BCUT2D eigenvalue weighted by atomic mass is 79.9. The minimum atomic E-state index is -0.367. The maximum Gasteiger partial charge on any atom is 0.266 e. The first kappa shape index (κ1) is 24.5. The van der Waals surface area contributed by atoms with Crippen molar-refractivity contribution in [1.29, 1.82) is 0 Å². The SMILES string of the molecule is COc1cc(C=NNC(=O)CSc2nc3ccccc3c(=O)n2-c2ccc(C)cc2)cc(Br)c1O. The summed E-state index contributed by atoms with van der Waals surface area (Å²) >= 11 is 4.39. The molecular formula is C25H21BrN4O4S. The first-order valence-corrected chi connectivity index (χ1v) is 12.3. The van der Waals surface area contributed by atoms with Crippen LogP contribution in [0.4, 0.5) is 0 Å². The van der Waals surface area contributed by atoms with Gasteiger partial charge in [0.25, 0.3) is 11.5 Å². The number of fused-ring (bicyclic) bond motifs is 1. The number of halogens is 1. The molecule has 35 heavy (non-hydrogen) atoms. The second-order valence-electron chi connectivity index (χ2n) is 7.52. The highest BCUT2D eigenvalue weighted by molar-refractivity contribution is 9.10. The highest BCUT2D eigenvalue weighted by Gasteiger charge is 2.15. The number of nitrogens with one attached hydrogen (secondary N) is 1. The van der Waals surface area contributed by atoms with Crippen LogP contribution in [0.3, 0.4) is 0 Å². The fourth-order valence-corrected chi connectivity index (χ4v) is 4.56. The minimum Gasteiger partial charge on any atom is -0.503 e. The third-order valence-corrected chi connectivity index (χ3v) is 6.59.